The molecule has 106 valence electrons. The molecule has 0 fully saturated rings. The number of nitrogens with two attached hydrogens (primary N) is 1. The third-order valence-corrected chi connectivity index (χ3v) is 4.10. The molecular formula is C12H19N3O3S. The Morgan fingerprint density at radius 1 is 1.32 bits per heavy atom. The van der Waals surface area contributed by atoms with E-state index in [1.54, 1.807) is 0 Å². The van der Waals surface area contributed by atoms with Gasteiger partial charge in [-0.3, -0.25) is 4.79 Å². The van der Waals surface area contributed by atoms with Gasteiger partial charge in [-0.25, -0.2) is 13.1 Å². The molecule has 1 aromatic carbocycles. The second-order valence-corrected chi connectivity index (χ2v) is 6.06. The van der Waals surface area contributed by atoms with Crippen LogP contribution >= 0.6 is 0 Å². The number of hydrogen-bond acceptors (Lipinski definition) is 4. The lowest BCUT2D eigenvalue weighted by Crippen LogP contribution is -2.37. The summed E-state index contributed by atoms with van der Waals surface area (Å²) in [5.41, 5.74) is 6.42. The molecule has 0 saturated carbocycles. The van der Waals surface area contributed by atoms with Crippen molar-refractivity contribution in [2.75, 3.05) is 25.9 Å². The Kier molecular flexibility index (Phi) is 5.94. The van der Waals surface area contributed by atoms with Crippen molar-refractivity contribution in [2.45, 2.75) is 5.92 Å². The van der Waals surface area contributed by atoms with Crippen molar-refractivity contribution in [1.29, 1.82) is 0 Å². The molecule has 0 aliphatic carbocycles. The summed E-state index contributed by atoms with van der Waals surface area (Å²) in [5, 5.41) is 2.58. The molecular weight excluding hydrogens is 266 g/mol. The van der Waals surface area contributed by atoms with Gasteiger partial charge in [-0.05, 0) is 12.6 Å². The van der Waals surface area contributed by atoms with Gasteiger partial charge >= 0.3 is 0 Å². The summed E-state index contributed by atoms with van der Waals surface area (Å²) in [6.45, 7) is 0.236. The van der Waals surface area contributed by atoms with E-state index in [1.165, 1.54) is 7.05 Å². The Morgan fingerprint density at radius 2 is 1.95 bits per heavy atom. The quantitative estimate of drug-likeness (QED) is 0.622. The molecule has 0 aliphatic rings. The van der Waals surface area contributed by atoms with Crippen LogP contribution in [0.15, 0.2) is 30.3 Å². The van der Waals surface area contributed by atoms with Crippen molar-refractivity contribution in [3.63, 3.8) is 0 Å². The minimum absolute atomic E-state index is 0.0609. The van der Waals surface area contributed by atoms with Crippen LogP contribution in [0, 0.1) is 0 Å². The summed E-state index contributed by atoms with van der Waals surface area (Å²) in [4.78, 5) is 11.9. The van der Waals surface area contributed by atoms with E-state index >= 15 is 0 Å². The van der Waals surface area contributed by atoms with Crippen LogP contribution in [0.4, 0.5) is 0 Å². The van der Waals surface area contributed by atoms with Crippen molar-refractivity contribution in [2.24, 2.45) is 5.73 Å². The maximum atomic E-state index is 11.9. The summed E-state index contributed by atoms with van der Waals surface area (Å²) in [7, 11) is -1.97. The number of amides is 1. The van der Waals surface area contributed by atoms with Gasteiger partial charge in [0, 0.05) is 13.1 Å². The third kappa shape index (κ3) is 4.98. The van der Waals surface area contributed by atoms with E-state index in [4.69, 9.17) is 5.73 Å². The van der Waals surface area contributed by atoms with E-state index in [0.717, 1.165) is 5.56 Å². The zero-order valence-electron chi connectivity index (χ0n) is 10.8. The molecule has 1 unspecified atom stereocenters. The van der Waals surface area contributed by atoms with Gasteiger partial charge in [-0.2, -0.15) is 0 Å². The van der Waals surface area contributed by atoms with E-state index in [9.17, 15) is 13.2 Å². The van der Waals surface area contributed by atoms with Gasteiger partial charge < -0.3 is 11.1 Å². The molecule has 0 heterocycles. The van der Waals surface area contributed by atoms with Crippen LogP contribution in [0.1, 0.15) is 11.5 Å². The van der Waals surface area contributed by atoms with E-state index < -0.39 is 15.9 Å². The molecule has 4 N–H and O–H groups in total. The van der Waals surface area contributed by atoms with Crippen LogP contribution in [-0.2, 0) is 14.8 Å². The van der Waals surface area contributed by atoms with Gasteiger partial charge in [0.2, 0.25) is 15.9 Å². The Morgan fingerprint density at radius 3 is 2.47 bits per heavy atom. The predicted octanol–water partition coefficient (Wildman–Crippen LogP) is -0.606. The minimum Gasteiger partial charge on any atom is -0.354 e. The zero-order valence-corrected chi connectivity index (χ0v) is 11.6. The second kappa shape index (κ2) is 7.22. The standard InChI is InChI=1S/C12H19N3O3S/c1-14-19(17,18)8-7-15-12(16)11(9-13)10-5-3-2-4-6-10/h2-6,11,14H,7-9,13H2,1H3,(H,15,16). The van der Waals surface area contributed by atoms with Gasteiger partial charge in [-0.15, -0.1) is 0 Å². The van der Waals surface area contributed by atoms with Gasteiger partial charge in [0.05, 0.1) is 11.7 Å². The number of hydrogen-bond donors (Lipinski definition) is 3. The van der Waals surface area contributed by atoms with Crippen LogP contribution in [0.2, 0.25) is 0 Å². The maximum Gasteiger partial charge on any atom is 0.228 e. The van der Waals surface area contributed by atoms with E-state index in [2.05, 4.69) is 10.0 Å². The molecule has 0 spiro atoms. The highest BCUT2D eigenvalue weighted by Gasteiger charge is 2.18. The fourth-order valence-corrected chi connectivity index (χ4v) is 2.19. The number of carbonyl (C=O) groups is 1. The van der Waals surface area contributed by atoms with Crippen molar-refractivity contribution in [3.8, 4) is 0 Å². The van der Waals surface area contributed by atoms with Crippen molar-refractivity contribution in [3.05, 3.63) is 35.9 Å². The number of carbonyl (C=O) groups excluding carboxylic acids is 1. The molecule has 19 heavy (non-hydrogen) atoms. The summed E-state index contributed by atoms with van der Waals surface area (Å²) in [6, 6.07) is 9.16. The zero-order chi connectivity index (χ0) is 14.3. The normalized spacial score (nSPS) is 12.9. The highest BCUT2D eigenvalue weighted by molar-refractivity contribution is 7.89. The van der Waals surface area contributed by atoms with Crippen LogP contribution in [0.5, 0.6) is 0 Å². The first-order valence-corrected chi connectivity index (χ1v) is 7.59. The Balaban J connectivity index is 2.57. The molecule has 7 heteroatoms. The summed E-state index contributed by atoms with van der Waals surface area (Å²) < 4.78 is 24.6. The number of nitrogens with one attached hydrogen (secondary N) is 2. The molecule has 1 amide bonds. The molecule has 0 aliphatic heterocycles. The van der Waals surface area contributed by atoms with E-state index in [1.807, 2.05) is 30.3 Å². The Labute approximate surface area is 113 Å². The lowest BCUT2D eigenvalue weighted by atomic mass is 9.98. The average molecular weight is 285 g/mol. The first-order chi connectivity index (χ1) is 9.00. The van der Waals surface area contributed by atoms with Crippen molar-refractivity contribution >= 4 is 15.9 Å². The molecule has 1 rings (SSSR count). The van der Waals surface area contributed by atoms with Crippen LogP contribution < -0.4 is 15.8 Å². The lowest BCUT2D eigenvalue weighted by Gasteiger charge is -2.15. The molecule has 1 atom stereocenters. The molecule has 0 radical (unpaired) electrons. The monoisotopic (exact) mass is 285 g/mol. The first-order valence-electron chi connectivity index (χ1n) is 5.94. The first kappa shape index (κ1) is 15.6. The van der Waals surface area contributed by atoms with E-state index in [-0.39, 0.29) is 24.7 Å². The Bertz CT molecular complexity index is 502. The van der Waals surface area contributed by atoms with E-state index in [0.29, 0.717) is 0 Å². The second-order valence-electron chi connectivity index (χ2n) is 4.01. The maximum absolute atomic E-state index is 11.9. The number of rotatable bonds is 7. The fraction of sp³-hybridized carbons (Fsp3) is 0.417. The fourth-order valence-electron chi connectivity index (χ4n) is 1.61. The highest BCUT2D eigenvalue weighted by Crippen LogP contribution is 2.13. The summed E-state index contributed by atoms with van der Waals surface area (Å²) in [6.07, 6.45) is 0. The van der Waals surface area contributed by atoms with Gasteiger partial charge in [0.15, 0.2) is 0 Å². The molecule has 1 aromatic rings. The molecule has 6 nitrogen and oxygen atoms in total. The highest BCUT2D eigenvalue weighted by atomic mass is 32.2. The SMILES string of the molecule is CNS(=O)(=O)CCNC(=O)C(CN)c1ccccc1. The van der Waals surface area contributed by atoms with Crippen molar-refractivity contribution < 1.29 is 13.2 Å². The molecule has 0 saturated heterocycles. The predicted molar refractivity (Wildman–Crippen MR) is 74.1 cm³/mol. The molecule has 0 aromatic heterocycles. The summed E-state index contributed by atoms with van der Waals surface area (Å²) >= 11 is 0. The van der Waals surface area contributed by atoms with Gasteiger partial charge in [0.1, 0.15) is 0 Å². The van der Waals surface area contributed by atoms with Gasteiger partial charge in [-0.1, -0.05) is 30.3 Å². The third-order valence-electron chi connectivity index (χ3n) is 2.74. The van der Waals surface area contributed by atoms with Crippen molar-refractivity contribution in [1.82, 2.24) is 10.0 Å². The van der Waals surface area contributed by atoms with Crippen LogP contribution in [0.25, 0.3) is 0 Å². The Hall–Kier alpha value is -1.44. The topological polar surface area (TPSA) is 101 Å². The van der Waals surface area contributed by atoms with Crippen LogP contribution in [0.3, 0.4) is 0 Å². The number of sulfonamides is 1. The lowest BCUT2D eigenvalue weighted by molar-refractivity contribution is -0.122. The minimum atomic E-state index is -3.31. The average Bonchev–Trinajstić information content (AvgIpc) is 2.40. The summed E-state index contributed by atoms with van der Waals surface area (Å²) in [5.74, 6) is -0.875. The largest absolute Gasteiger partial charge is 0.354 e. The molecule has 0 bridgehead atoms. The smallest absolute Gasteiger partial charge is 0.228 e. The number of benzene rings is 1. The van der Waals surface area contributed by atoms with Gasteiger partial charge in [0.25, 0.3) is 0 Å². The van der Waals surface area contributed by atoms with Crippen LogP contribution in [-0.4, -0.2) is 40.2 Å².